The van der Waals surface area contributed by atoms with Gasteiger partial charge in [0.05, 0.1) is 22.6 Å². The smallest absolute Gasteiger partial charge is 0.160 e. The van der Waals surface area contributed by atoms with Crippen molar-refractivity contribution >= 4 is 65.6 Å². The fourth-order valence-electron chi connectivity index (χ4n) is 10.4. The van der Waals surface area contributed by atoms with Crippen LogP contribution in [0.3, 0.4) is 0 Å². The molecule has 4 aromatic heterocycles. The first-order chi connectivity index (χ1) is 34.7. The Morgan fingerprint density at radius 3 is 1.60 bits per heavy atom. The Bertz CT molecular complexity index is 4330. The van der Waals surface area contributed by atoms with Crippen molar-refractivity contribution in [1.82, 2.24) is 15.0 Å². The van der Waals surface area contributed by atoms with Crippen molar-refractivity contribution in [3.8, 4) is 78.5 Å². The second-order valence-corrected chi connectivity index (χ2v) is 17.8. The molecule has 5 nitrogen and oxygen atoms in total. The van der Waals surface area contributed by atoms with E-state index in [2.05, 4.69) is 200 Å². The highest BCUT2D eigenvalue weighted by molar-refractivity contribution is 6.27. The number of nitrogens with zero attached hydrogens (tertiary/aromatic N) is 3. The fourth-order valence-corrected chi connectivity index (χ4v) is 10.4. The summed E-state index contributed by atoms with van der Waals surface area (Å²) < 4.78 is 13.0. The van der Waals surface area contributed by atoms with Crippen LogP contribution in [0.15, 0.2) is 245 Å². The fraction of sp³-hybridized carbons (Fsp3) is 0. The largest absolute Gasteiger partial charge is 0.456 e. The van der Waals surface area contributed by atoms with Gasteiger partial charge in [-0.25, -0.2) is 15.0 Å². The van der Waals surface area contributed by atoms with E-state index in [9.17, 15) is 0 Å². The molecule has 14 rings (SSSR count). The maximum atomic E-state index is 6.61. The van der Waals surface area contributed by atoms with Crippen molar-refractivity contribution in [2.75, 3.05) is 0 Å². The highest BCUT2D eigenvalue weighted by Gasteiger charge is 2.22. The van der Waals surface area contributed by atoms with E-state index in [1.807, 2.05) is 36.4 Å². The van der Waals surface area contributed by atoms with Crippen LogP contribution in [-0.4, -0.2) is 15.0 Å². The number of rotatable bonds is 7. The number of fused-ring (bicyclic) bond motifs is 9. The van der Waals surface area contributed by atoms with E-state index in [0.717, 1.165) is 133 Å². The number of pyridine rings is 1. The third-order valence-electron chi connectivity index (χ3n) is 13.7. The molecule has 0 aliphatic rings. The molecule has 0 saturated carbocycles. The molecular weight excluding hydrogens is 855 g/mol. The molecule has 14 aromatic rings. The average Bonchev–Trinajstić information content (AvgIpc) is 4.01. The number of hydrogen-bond donors (Lipinski definition) is 0. The van der Waals surface area contributed by atoms with E-state index in [4.69, 9.17) is 23.8 Å². The molecule has 0 N–H and O–H groups in total. The van der Waals surface area contributed by atoms with Crippen LogP contribution in [0, 0.1) is 0 Å². The van der Waals surface area contributed by atoms with Gasteiger partial charge in [0.25, 0.3) is 0 Å². The summed E-state index contributed by atoms with van der Waals surface area (Å²) in [7, 11) is 0. The Balaban J connectivity index is 0.841. The van der Waals surface area contributed by atoms with Gasteiger partial charge < -0.3 is 8.83 Å². The van der Waals surface area contributed by atoms with Gasteiger partial charge in [-0.1, -0.05) is 200 Å². The Hall–Kier alpha value is -9.45. The minimum Gasteiger partial charge on any atom is -0.456 e. The van der Waals surface area contributed by atoms with Crippen molar-refractivity contribution in [1.29, 1.82) is 0 Å². The maximum Gasteiger partial charge on any atom is 0.160 e. The van der Waals surface area contributed by atoms with Crippen LogP contribution in [0.1, 0.15) is 0 Å². The van der Waals surface area contributed by atoms with E-state index < -0.39 is 0 Å². The molecule has 0 aliphatic carbocycles. The van der Waals surface area contributed by atoms with Crippen LogP contribution >= 0.6 is 0 Å². The van der Waals surface area contributed by atoms with E-state index in [0.29, 0.717) is 5.82 Å². The van der Waals surface area contributed by atoms with Gasteiger partial charge in [-0.3, -0.25) is 0 Å². The molecule has 0 amide bonds. The number of para-hydroxylation sites is 4. The molecule has 5 heteroatoms. The van der Waals surface area contributed by atoms with Crippen molar-refractivity contribution in [3.63, 3.8) is 0 Å². The monoisotopic (exact) mass is 893 g/mol. The third kappa shape index (κ3) is 6.59. The number of benzene rings is 10. The molecule has 0 bridgehead atoms. The minimum absolute atomic E-state index is 0.658. The number of hydrogen-bond acceptors (Lipinski definition) is 5. The van der Waals surface area contributed by atoms with E-state index >= 15 is 0 Å². The van der Waals surface area contributed by atoms with Crippen LogP contribution < -0.4 is 0 Å². The van der Waals surface area contributed by atoms with Gasteiger partial charge in [0.2, 0.25) is 0 Å². The Morgan fingerprint density at radius 2 is 0.843 bits per heavy atom. The van der Waals surface area contributed by atoms with E-state index in [-0.39, 0.29) is 0 Å². The lowest BCUT2D eigenvalue weighted by Gasteiger charge is -2.16. The van der Waals surface area contributed by atoms with Gasteiger partial charge in [-0.2, -0.15) is 0 Å². The zero-order chi connectivity index (χ0) is 46.1. The van der Waals surface area contributed by atoms with Gasteiger partial charge in [-0.05, 0) is 58.7 Å². The standard InChI is InChI=1S/C65H39N3O2/c1-3-15-42(16-4-1)55-39-56(47-20-13-19-46(37-47)48-24-14-25-50-49-21-8-11-27-57(49)70-64(48)50)68-65(67-55)45-35-31-41(32-36-45)40-29-33-44(34-30-40)63-53-38-59-62(52-23-9-12-28-58(52)69-59)60(43-17-5-2-6-18-43)61(53)51-22-7-10-26-54(51)66-63/h1-39H. The number of aromatic nitrogens is 3. The van der Waals surface area contributed by atoms with Crippen LogP contribution in [0.2, 0.25) is 0 Å². The zero-order valence-corrected chi connectivity index (χ0v) is 37.7. The van der Waals surface area contributed by atoms with E-state index in [1.165, 1.54) is 5.39 Å². The van der Waals surface area contributed by atoms with Crippen molar-refractivity contribution in [2.45, 2.75) is 0 Å². The Labute approximate surface area is 402 Å². The predicted octanol–water partition coefficient (Wildman–Crippen LogP) is 17.6. The van der Waals surface area contributed by atoms with Gasteiger partial charge in [0, 0.05) is 71.1 Å². The topological polar surface area (TPSA) is 65.0 Å². The molecule has 10 aromatic carbocycles. The Kier molecular flexibility index (Phi) is 9.14. The quantitative estimate of drug-likeness (QED) is 0.149. The van der Waals surface area contributed by atoms with Crippen molar-refractivity contribution in [2.24, 2.45) is 0 Å². The highest BCUT2D eigenvalue weighted by Crippen LogP contribution is 2.46. The molecule has 0 unspecified atom stereocenters. The summed E-state index contributed by atoms with van der Waals surface area (Å²) in [6.07, 6.45) is 0. The Morgan fingerprint density at radius 1 is 0.286 bits per heavy atom. The van der Waals surface area contributed by atoms with E-state index in [1.54, 1.807) is 0 Å². The first kappa shape index (κ1) is 39.7. The second-order valence-electron chi connectivity index (χ2n) is 17.8. The molecule has 4 heterocycles. The lowest BCUT2D eigenvalue weighted by molar-refractivity contribution is 0.669. The van der Waals surface area contributed by atoms with Crippen LogP contribution in [0.25, 0.3) is 144 Å². The van der Waals surface area contributed by atoms with Crippen LogP contribution in [-0.2, 0) is 0 Å². The molecule has 326 valence electrons. The third-order valence-corrected chi connectivity index (χ3v) is 13.7. The van der Waals surface area contributed by atoms with Crippen molar-refractivity contribution < 1.29 is 8.83 Å². The normalized spacial score (nSPS) is 11.7. The molecule has 0 atom stereocenters. The SMILES string of the molecule is c1ccc(-c2cc(-c3cccc(-c4cccc5c4oc4ccccc45)c3)nc(-c3ccc(-c4ccc(-c5nc6ccccc6c6c(-c7ccccc7)c7c(cc56)oc5ccccc57)cc4)cc3)n2)cc1. The summed E-state index contributed by atoms with van der Waals surface area (Å²) in [5.41, 5.74) is 17.6. The summed E-state index contributed by atoms with van der Waals surface area (Å²) in [5.74, 6) is 0.658. The highest BCUT2D eigenvalue weighted by atomic mass is 16.3. The molecular formula is C65H39N3O2. The average molecular weight is 894 g/mol. The predicted molar refractivity (Wildman–Crippen MR) is 287 cm³/mol. The van der Waals surface area contributed by atoms with Gasteiger partial charge in [0.1, 0.15) is 22.3 Å². The summed E-state index contributed by atoms with van der Waals surface area (Å²) >= 11 is 0. The lowest BCUT2D eigenvalue weighted by atomic mass is 9.89. The molecule has 0 fully saturated rings. The van der Waals surface area contributed by atoms with Crippen molar-refractivity contribution in [3.05, 3.63) is 237 Å². The van der Waals surface area contributed by atoms with Gasteiger partial charge in [0.15, 0.2) is 5.82 Å². The maximum absolute atomic E-state index is 6.61. The summed E-state index contributed by atoms with van der Waals surface area (Å²) in [5, 5.41) is 7.76. The minimum atomic E-state index is 0.658. The van der Waals surface area contributed by atoms with Crippen LogP contribution in [0.5, 0.6) is 0 Å². The zero-order valence-electron chi connectivity index (χ0n) is 37.7. The van der Waals surface area contributed by atoms with Crippen LogP contribution in [0.4, 0.5) is 0 Å². The molecule has 0 spiro atoms. The summed E-state index contributed by atoms with van der Waals surface area (Å²) in [6.45, 7) is 0. The second kappa shape index (κ2) is 16.1. The molecule has 0 radical (unpaired) electrons. The van der Waals surface area contributed by atoms with Gasteiger partial charge >= 0.3 is 0 Å². The first-order valence-electron chi connectivity index (χ1n) is 23.6. The lowest BCUT2D eigenvalue weighted by Crippen LogP contribution is -1.96. The molecule has 0 saturated heterocycles. The first-order valence-corrected chi connectivity index (χ1v) is 23.6. The molecule has 0 aliphatic heterocycles. The molecule has 70 heavy (non-hydrogen) atoms. The summed E-state index contributed by atoms with van der Waals surface area (Å²) in [6, 6.07) is 82.5. The summed E-state index contributed by atoms with van der Waals surface area (Å²) in [4.78, 5) is 15.7. The number of furan rings is 2. The van der Waals surface area contributed by atoms with Gasteiger partial charge in [-0.15, -0.1) is 0 Å².